The summed E-state index contributed by atoms with van der Waals surface area (Å²) in [6.07, 6.45) is 4.01. The van der Waals surface area contributed by atoms with Crippen LogP contribution in [0.15, 0.2) is 6.07 Å². The van der Waals surface area contributed by atoms with Crippen molar-refractivity contribution >= 4 is 5.82 Å². The molecule has 1 unspecified atom stereocenters. The summed E-state index contributed by atoms with van der Waals surface area (Å²) < 4.78 is 2.07. The first-order valence-corrected chi connectivity index (χ1v) is 9.87. The highest BCUT2D eigenvalue weighted by atomic mass is 15.3. The maximum atomic E-state index is 9.82. The van der Waals surface area contributed by atoms with Crippen LogP contribution in [0.1, 0.15) is 56.1 Å². The average molecular weight is 364 g/mol. The number of nitrogens with two attached hydrogens (primary N) is 1. The third-order valence-corrected chi connectivity index (χ3v) is 6.08. The molecule has 1 atom stereocenters. The number of nitrogen functional groups attached to an aromatic ring is 1. The molecular formula is C21H28N6. The maximum Gasteiger partial charge on any atom is 0.142 e. The van der Waals surface area contributed by atoms with E-state index in [-0.39, 0.29) is 5.41 Å². The molecule has 142 valence electrons. The zero-order valence-electron chi connectivity index (χ0n) is 16.5. The van der Waals surface area contributed by atoms with Crippen molar-refractivity contribution in [2.45, 2.75) is 59.5 Å². The van der Waals surface area contributed by atoms with Gasteiger partial charge in [-0.2, -0.15) is 10.4 Å². The summed E-state index contributed by atoms with van der Waals surface area (Å²) >= 11 is 0. The molecule has 3 heterocycles. The molecule has 1 aliphatic carbocycles. The van der Waals surface area contributed by atoms with Gasteiger partial charge in [-0.15, -0.1) is 0 Å². The summed E-state index contributed by atoms with van der Waals surface area (Å²) in [6, 6.07) is 4.43. The Balaban J connectivity index is 1.87. The van der Waals surface area contributed by atoms with Crippen molar-refractivity contribution in [1.29, 1.82) is 5.26 Å². The van der Waals surface area contributed by atoms with Crippen molar-refractivity contribution in [3.8, 4) is 17.3 Å². The number of pyridine rings is 1. The largest absolute Gasteiger partial charge is 0.383 e. The fourth-order valence-electron chi connectivity index (χ4n) is 4.40. The molecule has 2 aliphatic rings. The Hall–Kier alpha value is -2.39. The van der Waals surface area contributed by atoms with Crippen LogP contribution in [0.2, 0.25) is 0 Å². The van der Waals surface area contributed by atoms with Gasteiger partial charge in [0.25, 0.3) is 0 Å². The third kappa shape index (κ3) is 3.21. The summed E-state index contributed by atoms with van der Waals surface area (Å²) in [6.45, 7) is 9.60. The monoisotopic (exact) mass is 364 g/mol. The lowest BCUT2D eigenvalue weighted by molar-refractivity contribution is 0.215. The van der Waals surface area contributed by atoms with Crippen molar-refractivity contribution in [3.63, 3.8) is 0 Å². The standard InChI is InChI=1S/C21H28N6/c1-21(2,3)13-5-6-17-15(9-13)19(16(11-22)20(23)25-17)18-10-14-12-24-7-4-8-27(14)26-18/h10,13,24H,4-9,12H2,1-3H3,(H2,23,25). The van der Waals surface area contributed by atoms with E-state index in [2.05, 4.69) is 47.9 Å². The van der Waals surface area contributed by atoms with E-state index >= 15 is 0 Å². The van der Waals surface area contributed by atoms with E-state index < -0.39 is 0 Å². The molecule has 0 saturated heterocycles. The average Bonchev–Trinajstić information content (AvgIpc) is 2.89. The van der Waals surface area contributed by atoms with Gasteiger partial charge in [-0.3, -0.25) is 4.68 Å². The number of rotatable bonds is 1. The van der Waals surface area contributed by atoms with Crippen LogP contribution in [0.25, 0.3) is 11.3 Å². The van der Waals surface area contributed by atoms with Gasteiger partial charge in [-0.25, -0.2) is 4.98 Å². The minimum Gasteiger partial charge on any atom is -0.383 e. The van der Waals surface area contributed by atoms with Gasteiger partial charge in [0.1, 0.15) is 17.5 Å². The van der Waals surface area contributed by atoms with Crippen molar-refractivity contribution in [2.24, 2.45) is 11.3 Å². The number of fused-ring (bicyclic) bond motifs is 2. The summed E-state index contributed by atoms with van der Waals surface area (Å²) in [5.41, 5.74) is 12.0. The lowest BCUT2D eigenvalue weighted by atomic mass is 9.70. The van der Waals surface area contributed by atoms with Crippen LogP contribution in [-0.4, -0.2) is 21.3 Å². The normalized spacial score (nSPS) is 19.7. The van der Waals surface area contributed by atoms with Crippen molar-refractivity contribution in [3.05, 3.63) is 28.6 Å². The summed E-state index contributed by atoms with van der Waals surface area (Å²) in [4.78, 5) is 4.59. The SMILES string of the molecule is CC(C)(C)C1CCc2nc(N)c(C#N)c(-c3cc4n(n3)CCCNC4)c2C1. The molecule has 0 amide bonds. The summed E-state index contributed by atoms with van der Waals surface area (Å²) in [7, 11) is 0. The highest BCUT2D eigenvalue weighted by Crippen LogP contribution is 2.42. The number of hydrogen-bond acceptors (Lipinski definition) is 5. The molecule has 6 heteroatoms. The van der Waals surface area contributed by atoms with E-state index in [1.165, 1.54) is 11.3 Å². The molecule has 0 saturated carbocycles. The molecule has 6 nitrogen and oxygen atoms in total. The fourth-order valence-corrected chi connectivity index (χ4v) is 4.40. The van der Waals surface area contributed by atoms with Crippen LogP contribution in [0.3, 0.4) is 0 Å². The van der Waals surface area contributed by atoms with E-state index in [1.54, 1.807) is 0 Å². The van der Waals surface area contributed by atoms with Crippen LogP contribution in [0, 0.1) is 22.7 Å². The Morgan fingerprint density at radius 2 is 2.19 bits per heavy atom. The van der Waals surface area contributed by atoms with Crippen molar-refractivity contribution in [2.75, 3.05) is 12.3 Å². The molecule has 0 aromatic carbocycles. The Labute approximate surface area is 160 Å². The zero-order chi connectivity index (χ0) is 19.2. The van der Waals surface area contributed by atoms with Gasteiger partial charge >= 0.3 is 0 Å². The zero-order valence-corrected chi connectivity index (χ0v) is 16.5. The van der Waals surface area contributed by atoms with E-state index in [9.17, 15) is 5.26 Å². The van der Waals surface area contributed by atoms with Crippen molar-refractivity contribution < 1.29 is 0 Å². The molecule has 27 heavy (non-hydrogen) atoms. The van der Waals surface area contributed by atoms with Crippen LogP contribution in [0.4, 0.5) is 5.82 Å². The Morgan fingerprint density at radius 1 is 1.37 bits per heavy atom. The van der Waals surface area contributed by atoms with Crippen LogP contribution in [-0.2, 0) is 25.9 Å². The molecular weight excluding hydrogens is 336 g/mol. The minimum atomic E-state index is 0.221. The van der Waals surface area contributed by atoms with E-state index in [4.69, 9.17) is 10.8 Å². The number of nitriles is 1. The highest BCUT2D eigenvalue weighted by Gasteiger charge is 2.33. The molecule has 0 fully saturated rings. The molecule has 4 rings (SSSR count). The Bertz CT molecular complexity index is 889. The Kier molecular flexibility index (Phi) is 4.43. The molecule has 0 radical (unpaired) electrons. The van der Waals surface area contributed by atoms with E-state index in [1.807, 2.05) is 0 Å². The molecule has 2 aromatic heterocycles. The van der Waals surface area contributed by atoms with E-state index in [0.29, 0.717) is 17.3 Å². The second-order valence-corrected chi connectivity index (χ2v) is 8.86. The number of anilines is 1. The van der Waals surface area contributed by atoms with Crippen LogP contribution >= 0.6 is 0 Å². The lowest BCUT2D eigenvalue weighted by Gasteiger charge is -2.35. The first-order valence-electron chi connectivity index (χ1n) is 9.87. The number of aryl methyl sites for hydroxylation is 2. The van der Waals surface area contributed by atoms with Gasteiger partial charge in [0.15, 0.2) is 0 Å². The van der Waals surface area contributed by atoms with Crippen LogP contribution < -0.4 is 11.1 Å². The van der Waals surface area contributed by atoms with Gasteiger partial charge in [-0.05, 0) is 55.2 Å². The first-order chi connectivity index (χ1) is 12.9. The second-order valence-electron chi connectivity index (χ2n) is 8.86. The molecule has 0 spiro atoms. The molecule has 0 bridgehead atoms. The minimum absolute atomic E-state index is 0.221. The first kappa shape index (κ1) is 18.0. The Morgan fingerprint density at radius 3 is 2.93 bits per heavy atom. The summed E-state index contributed by atoms with van der Waals surface area (Å²) in [5, 5.41) is 18.1. The molecule has 2 aromatic rings. The van der Waals surface area contributed by atoms with Gasteiger partial charge in [0.2, 0.25) is 0 Å². The number of nitrogens with one attached hydrogen (secondary N) is 1. The third-order valence-electron chi connectivity index (χ3n) is 6.08. The van der Waals surface area contributed by atoms with Gasteiger partial charge in [-0.1, -0.05) is 20.8 Å². The fraction of sp³-hybridized carbons (Fsp3) is 0.571. The predicted molar refractivity (Wildman–Crippen MR) is 106 cm³/mol. The number of aromatic nitrogens is 3. The maximum absolute atomic E-state index is 9.82. The van der Waals surface area contributed by atoms with Crippen LogP contribution in [0.5, 0.6) is 0 Å². The second kappa shape index (κ2) is 6.65. The van der Waals surface area contributed by atoms with Crippen molar-refractivity contribution in [1.82, 2.24) is 20.1 Å². The van der Waals surface area contributed by atoms with Gasteiger partial charge in [0.05, 0.1) is 11.4 Å². The molecule has 1 aliphatic heterocycles. The topological polar surface area (TPSA) is 92.5 Å². The smallest absolute Gasteiger partial charge is 0.142 e. The summed E-state index contributed by atoms with van der Waals surface area (Å²) in [5.74, 6) is 0.893. The highest BCUT2D eigenvalue weighted by molar-refractivity contribution is 5.77. The van der Waals surface area contributed by atoms with Gasteiger partial charge < -0.3 is 11.1 Å². The number of hydrogen-bond donors (Lipinski definition) is 2. The number of nitrogens with zero attached hydrogens (tertiary/aromatic N) is 4. The predicted octanol–water partition coefficient (Wildman–Crippen LogP) is 3.04. The van der Waals surface area contributed by atoms with E-state index in [0.717, 1.165) is 62.3 Å². The molecule has 3 N–H and O–H groups in total. The lowest BCUT2D eigenvalue weighted by Crippen LogP contribution is -2.28. The quantitative estimate of drug-likeness (QED) is 0.811. The van der Waals surface area contributed by atoms with Gasteiger partial charge in [0, 0.05) is 24.3 Å².